The standard InChI is InChI=1S/C15H15ClN2O2/c1-9-7-13(18(19)20)8-14(10(9)2)15(17)11-3-5-12(16)6-4-11/h3-8,15H,17H2,1-2H3. The van der Waals surface area contributed by atoms with E-state index in [-0.39, 0.29) is 5.69 Å². The minimum absolute atomic E-state index is 0.0625. The fourth-order valence-electron chi connectivity index (χ4n) is 2.15. The lowest BCUT2D eigenvalue weighted by molar-refractivity contribution is -0.385. The fourth-order valence-corrected chi connectivity index (χ4v) is 2.27. The first-order chi connectivity index (χ1) is 9.40. The molecule has 104 valence electrons. The third-order valence-corrected chi connectivity index (χ3v) is 3.72. The Kier molecular flexibility index (Phi) is 4.06. The zero-order chi connectivity index (χ0) is 14.9. The maximum atomic E-state index is 11.0. The van der Waals surface area contributed by atoms with E-state index in [9.17, 15) is 10.1 Å². The molecule has 0 heterocycles. The van der Waals surface area contributed by atoms with E-state index < -0.39 is 11.0 Å². The van der Waals surface area contributed by atoms with Gasteiger partial charge in [-0.15, -0.1) is 0 Å². The molecule has 2 aromatic carbocycles. The van der Waals surface area contributed by atoms with E-state index >= 15 is 0 Å². The zero-order valence-electron chi connectivity index (χ0n) is 11.3. The highest BCUT2D eigenvalue weighted by Crippen LogP contribution is 2.29. The van der Waals surface area contributed by atoms with Crippen molar-refractivity contribution in [3.8, 4) is 0 Å². The highest BCUT2D eigenvalue weighted by molar-refractivity contribution is 6.30. The molecule has 0 aliphatic carbocycles. The number of nitrogens with zero attached hydrogens (tertiary/aromatic N) is 1. The number of nitrogens with two attached hydrogens (primary N) is 1. The van der Waals surface area contributed by atoms with Crippen molar-refractivity contribution in [1.82, 2.24) is 0 Å². The molecule has 1 unspecified atom stereocenters. The van der Waals surface area contributed by atoms with Crippen molar-refractivity contribution in [2.75, 3.05) is 0 Å². The van der Waals surface area contributed by atoms with Gasteiger partial charge in [-0.2, -0.15) is 0 Å². The number of aryl methyl sites for hydroxylation is 1. The van der Waals surface area contributed by atoms with Gasteiger partial charge in [0, 0.05) is 17.2 Å². The number of halogens is 1. The number of nitro benzene ring substituents is 1. The highest BCUT2D eigenvalue weighted by atomic mass is 35.5. The highest BCUT2D eigenvalue weighted by Gasteiger charge is 2.17. The molecule has 5 heteroatoms. The Labute approximate surface area is 122 Å². The first kappa shape index (κ1) is 14.5. The van der Waals surface area contributed by atoms with Crippen LogP contribution in [0.25, 0.3) is 0 Å². The molecule has 1 atom stereocenters. The topological polar surface area (TPSA) is 69.2 Å². The minimum Gasteiger partial charge on any atom is -0.320 e. The second-order valence-electron chi connectivity index (χ2n) is 4.76. The Morgan fingerprint density at radius 1 is 1.20 bits per heavy atom. The molecule has 0 saturated carbocycles. The van der Waals surface area contributed by atoms with Gasteiger partial charge in [-0.25, -0.2) is 0 Å². The summed E-state index contributed by atoms with van der Waals surface area (Å²) >= 11 is 5.86. The van der Waals surface area contributed by atoms with Crippen molar-refractivity contribution < 1.29 is 4.92 Å². The Hall–Kier alpha value is -1.91. The van der Waals surface area contributed by atoms with Crippen molar-refractivity contribution >= 4 is 17.3 Å². The van der Waals surface area contributed by atoms with Crippen LogP contribution in [-0.4, -0.2) is 4.92 Å². The van der Waals surface area contributed by atoms with Gasteiger partial charge in [-0.05, 0) is 48.2 Å². The van der Waals surface area contributed by atoms with Crippen LogP contribution in [-0.2, 0) is 0 Å². The van der Waals surface area contributed by atoms with Crippen molar-refractivity contribution in [2.24, 2.45) is 5.73 Å². The summed E-state index contributed by atoms with van der Waals surface area (Å²) in [5.41, 5.74) is 9.77. The fraction of sp³-hybridized carbons (Fsp3) is 0.200. The van der Waals surface area contributed by atoms with Crippen molar-refractivity contribution in [2.45, 2.75) is 19.9 Å². The van der Waals surface area contributed by atoms with Gasteiger partial charge < -0.3 is 5.73 Å². The summed E-state index contributed by atoms with van der Waals surface area (Å²) in [5, 5.41) is 11.6. The lowest BCUT2D eigenvalue weighted by Crippen LogP contribution is -2.14. The number of benzene rings is 2. The summed E-state index contributed by atoms with van der Waals surface area (Å²) in [6.07, 6.45) is 0. The van der Waals surface area contributed by atoms with Crippen LogP contribution in [0.4, 0.5) is 5.69 Å². The molecular formula is C15H15ClN2O2. The van der Waals surface area contributed by atoms with Crippen LogP contribution >= 0.6 is 11.6 Å². The Balaban J connectivity index is 2.50. The van der Waals surface area contributed by atoms with Crippen molar-refractivity contribution in [1.29, 1.82) is 0 Å². The summed E-state index contributed by atoms with van der Waals surface area (Å²) in [6, 6.07) is 9.88. The first-order valence-corrected chi connectivity index (χ1v) is 6.54. The zero-order valence-corrected chi connectivity index (χ0v) is 12.0. The minimum atomic E-state index is -0.411. The van der Waals surface area contributed by atoms with Gasteiger partial charge in [-0.1, -0.05) is 23.7 Å². The van der Waals surface area contributed by atoms with E-state index in [1.165, 1.54) is 0 Å². The molecular weight excluding hydrogens is 276 g/mol. The molecule has 0 saturated heterocycles. The molecule has 4 nitrogen and oxygen atoms in total. The second kappa shape index (κ2) is 5.61. The van der Waals surface area contributed by atoms with Crippen LogP contribution in [0.2, 0.25) is 5.02 Å². The predicted octanol–water partition coefficient (Wildman–Crippen LogP) is 3.91. The van der Waals surface area contributed by atoms with Crippen LogP contribution in [0.1, 0.15) is 28.3 Å². The molecule has 0 bridgehead atoms. The quantitative estimate of drug-likeness (QED) is 0.688. The van der Waals surface area contributed by atoms with Gasteiger partial charge in [0.1, 0.15) is 0 Å². The molecule has 0 fully saturated rings. The molecule has 2 N–H and O–H groups in total. The predicted molar refractivity (Wildman–Crippen MR) is 80.1 cm³/mol. The van der Waals surface area contributed by atoms with E-state index in [1.54, 1.807) is 24.3 Å². The summed E-state index contributed by atoms with van der Waals surface area (Å²) in [5.74, 6) is 0. The van der Waals surface area contributed by atoms with Gasteiger partial charge in [0.25, 0.3) is 5.69 Å². The van der Waals surface area contributed by atoms with Crippen LogP contribution in [0.15, 0.2) is 36.4 Å². The smallest absolute Gasteiger partial charge is 0.270 e. The van der Waals surface area contributed by atoms with Gasteiger partial charge in [0.05, 0.1) is 11.0 Å². The first-order valence-electron chi connectivity index (χ1n) is 6.16. The monoisotopic (exact) mass is 290 g/mol. The molecule has 0 spiro atoms. The van der Waals surface area contributed by atoms with E-state index in [4.69, 9.17) is 17.3 Å². The van der Waals surface area contributed by atoms with Crippen LogP contribution in [0, 0.1) is 24.0 Å². The second-order valence-corrected chi connectivity index (χ2v) is 5.20. The number of hydrogen-bond acceptors (Lipinski definition) is 3. The Morgan fingerprint density at radius 2 is 1.80 bits per heavy atom. The molecule has 2 rings (SSSR count). The molecule has 0 radical (unpaired) electrons. The molecule has 0 amide bonds. The van der Waals surface area contributed by atoms with Crippen LogP contribution < -0.4 is 5.73 Å². The van der Waals surface area contributed by atoms with Crippen molar-refractivity contribution in [3.63, 3.8) is 0 Å². The molecule has 20 heavy (non-hydrogen) atoms. The number of non-ortho nitro benzene ring substituents is 1. The van der Waals surface area contributed by atoms with Crippen LogP contribution in [0.5, 0.6) is 0 Å². The van der Waals surface area contributed by atoms with E-state index in [1.807, 2.05) is 26.0 Å². The average Bonchev–Trinajstić information content (AvgIpc) is 2.41. The summed E-state index contributed by atoms with van der Waals surface area (Å²) < 4.78 is 0. The summed E-state index contributed by atoms with van der Waals surface area (Å²) in [4.78, 5) is 10.6. The normalized spacial score (nSPS) is 12.2. The molecule has 0 aliphatic rings. The average molecular weight is 291 g/mol. The maximum Gasteiger partial charge on any atom is 0.270 e. The number of hydrogen-bond donors (Lipinski definition) is 1. The van der Waals surface area contributed by atoms with Gasteiger partial charge in [0.15, 0.2) is 0 Å². The van der Waals surface area contributed by atoms with Gasteiger partial charge in [0.2, 0.25) is 0 Å². The third kappa shape index (κ3) is 2.81. The SMILES string of the molecule is Cc1cc([N+](=O)[O-])cc(C(N)c2ccc(Cl)cc2)c1C. The van der Waals surface area contributed by atoms with E-state index in [2.05, 4.69) is 0 Å². The lowest BCUT2D eigenvalue weighted by atomic mass is 9.93. The largest absolute Gasteiger partial charge is 0.320 e. The molecule has 2 aromatic rings. The summed E-state index contributed by atoms with van der Waals surface area (Å²) in [7, 11) is 0. The molecule has 0 aromatic heterocycles. The van der Waals surface area contributed by atoms with Gasteiger partial charge >= 0.3 is 0 Å². The number of rotatable bonds is 3. The van der Waals surface area contributed by atoms with E-state index in [0.29, 0.717) is 5.02 Å². The molecule has 0 aliphatic heterocycles. The van der Waals surface area contributed by atoms with Crippen LogP contribution in [0.3, 0.4) is 0 Å². The Bertz CT molecular complexity index is 654. The van der Waals surface area contributed by atoms with Crippen molar-refractivity contribution in [3.05, 3.63) is 73.8 Å². The third-order valence-electron chi connectivity index (χ3n) is 3.47. The number of nitro groups is 1. The van der Waals surface area contributed by atoms with E-state index in [0.717, 1.165) is 22.3 Å². The Morgan fingerprint density at radius 3 is 2.35 bits per heavy atom. The summed E-state index contributed by atoms with van der Waals surface area (Å²) in [6.45, 7) is 3.77. The van der Waals surface area contributed by atoms with Gasteiger partial charge in [-0.3, -0.25) is 10.1 Å². The maximum absolute atomic E-state index is 11.0. The lowest BCUT2D eigenvalue weighted by Gasteiger charge is -2.16.